The van der Waals surface area contributed by atoms with Crippen LogP contribution in [0.5, 0.6) is 5.75 Å². The number of carbonyl (C=O) groups is 2. The van der Waals surface area contributed by atoms with Crippen molar-refractivity contribution in [2.75, 3.05) is 13.7 Å². The highest BCUT2D eigenvalue weighted by atomic mass is 16.5. The minimum Gasteiger partial charge on any atom is -0.483 e. The third-order valence-corrected chi connectivity index (χ3v) is 3.11. The summed E-state index contributed by atoms with van der Waals surface area (Å²) in [6, 6.07) is 3.21. The lowest BCUT2D eigenvalue weighted by atomic mass is 10.2. The van der Waals surface area contributed by atoms with Gasteiger partial charge in [-0.25, -0.2) is 4.79 Å². The smallest absolute Gasteiger partial charge is 0.354 e. The molecule has 0 saturated carbocycles. The van der Waals surface area contributed by atoms with Crippen molar-refractivity contribution in [1.29, 1.82) is 0 Å². The molecule has 0 bridgehead atoms. The number of nitrogens with one attached hydrogen (secondary N) is 2. The van der Waals surface area contributed by atoms with Crippen molar-refractivity contribution < 1.29 is 19.1 Å². The van der Waals surface area contributed by atoms with Crippen LogP contribution in [0, 0.1) is 0 Å². The average molecular weight is 318 g/mol. The van der Waals surface area contributed by atoms with Gasteiger partial charge in [-0.1, -0.05) is 0 Å². The van der Waals surface area contributed by atoms with Crippen molar-refractivity contribution in [3.63, 3.8) is 0 Å². The van der Waals surface area contributed by atoms with Gasteiger partial charge in [-0.15, -0.1) is 0 Å². The summed E-state index contributed by atoms with van der Waals surface area (Å²) in [6.07, 6.45) is 2.75. The van der Waals surface area contributed by atoms with E-state index in [9.17, 15) is 9.59 Å². The van der Waals surface area contributed by atoms with Crippen LogP contribution >= 0.6 is 0 Å². The second-order valence-electron chi connectivity index (χ2n) is 4.66. The van der Waals surface area contributed by atoms with E-state index < -0.39 is 11.9 Å². The molecule has 0 aliphatic carbocycles. The minimum absolute atomic E-state index is 0.153. The molecule has 0 fully saturated rings. The van der Waals surface area contributed by atoms with E-state index in [1.54, 1.807) is 25.4 Å². The van der Waals surface area contributed by atoms with Crippen molar-refractivity contribution in [3.05, 3.63) is 41.5 Å². The average Bonchev–Trinajstić information content (AvgIpc) is 2.99. The van der Waals surface area contributed by atoms with Crippen molar-refractivity contribution >= 4 is 11.9 Å². The molecule has 0 radical (unpaired) electrons. The predicted octanol–water partition coefficient (Wildman–Crippen LogP) is 1.48. The van der Waals surface area contributed by atoms with E-state index in [0.717, 1.165) is 5.56 Å². The highest BCUT2D eigenvalue weighted by molar-refractivity contribution is 5.98. The van der Waals surface area contributed by atoms with Gasteiger partial charge >= 0.3 is 5.97 Å². The lowest BCUT2D eigenvalue weighted by Crippen LogP contribution is -2.20. The van der Waals surface area contributed by atoms with Gasteiger partial charge in [-0.05, 0) is 19.9 Å². The van der Waals surface area contributed by atoms with Crippen LogP contribution < -0.4 is 10.1 Å². The Kier molecular flexibility index (Phi) is 5.29. The van der Waals surface area contributed by atoms with E-state index in [1.807, 2.05) is 6.92 Å². The number of esters is 1. The van der Waals surface area contributed by atoms with Gasteiger partial charge in [0.15, 0.2) is 5.75 Å². The third-order valence-electron chi connectivity index (χ3n) is 3.11. The predicted molar refractivity (Wildman–Crippen MR) is 81.2 cm³/mol. The molecule has 0 spiro atoms. The Morgan fingerprint density at radius 3 is 2.78 bits per heavy atom. The van der Waals surface area contributed by atoms with E-state index in [4.69, 9.17) is 9.47 Å². The number of amides is 1. The summed E-state index contributed by atoms with van der Waals surface area (Å²) in [5, 5.41) is 9.99. The first kappa shape index (κ1) is 16.5. The van der Waals surface area contributed by atoms with Gasteiger partial charge in [-0.3, -0.25) is 4.79 Å². The number of hydrogen-bond donors (Lipinski definition) is 2. The molecule has 2 N–H and O–H groups in total. The van der Waals surface area contributed by atoms with Crippen molar-refractivity contribution in [1.82, 2.24) is 20.5 Å². The monoisotopic (exact) mass is 318 g/mol. The lowest BCUT2D eigenvalue weighted by Gasteiger charge is -2.14. The summed E-state index contributed by atoms with van der Waals surface area (Å²) < 4.78 is 10.7. The summed E-state index contributed by atoms with van der Waals surface area (Å²) in [6.45, 7) is 3.75. The van der Waals surface area contributed by atoms with E-state index in [0.29, 0.717) is 0 Å². The molecular formula is C15H18N4O4. The van der Waals surface area contributed by atoms with Crippen LogP contribution in [0.2, 0.25) is 0 Å². The molecule has 8 heteroatoms. The molecule has 0 saturated heterocycles. The fraction of sp³-hybridized carbons (Fsp3) is 0.333. The molecular weight excluding hydrogens is 300 g/mol. The van der Waals surface area contributed by atoms with Crippen LogP contribution in [-0.4, -0.2) is 40.7 Å². The topological polar surface area (TPSA) is 106 Å². The van der Waals surface area contributed by atoms with Gasteiger partial charge in [0.05, 0.1) is 12.8 Å². The minimum atomic E-state index is -0.550. The highest BCUT2D eigenvalue weighted by Crippen LogP contribution is 2.26. The van der Waals surface area contributed by atoms with Crippen molar-refractivity contribution in [3.8, 4) is 5.75 Å². The lowest BCUT2D eigenvalue weighted by molar-refractivity contribution is 0.0520. The zero-order valence-electron chi connectivity index (χ0n) is 13.1. The molecule has 2 rings (SSSR count). The van der Waals surface area contributed by atoms with E-state index in [2.05, 4.69) is 20.5 Å². The van der Waals surface area contributed by atoms with E-state index in [1.165, 1.54) is 13.1 Å². The van der Waals surface area contributed by atoms with Crippen LogP contribution in [0.4, 0.5) is 0 Å². The summed E-state index contributed by atoms with van der Waals surface area (Å²) in [4.78, 5) is 26.5. The SMILES string of the molecule is CCOC(=O)c1cc(OC(C)c2ccnnc2)c(C(=O)NC)[nH]1. The maximum Gasteiger partial charge on any atom is 0.354 e. The number of aromatic nitrogens is 3. The standard InChI is InChI=1S/C15H18N4O4/c1-4-22-15(21)11-7-12(13(19-11)14(20)16-3)23-9(2)10-5-6-17-18-8-10/h5-9,19H,4H2,1-3H3,(H,16,20). The molecule has 0 aliphatic heterocycles. The summed E-state index contributed by atoms with van der Waals surface area (Å²) in [5.41, 5.74) is 1.10. The molecule has 1 unspecified atom stereocenters. The van der Waals surface area contributed by atoms with Gasteiger partial charge in [-0.2, -0.15) is 10.2 Å². The van der Waals surface area contributed by atoms with Crippen molar-refractivity contribution in [2.45, 2.75) is 20.0 Å². The Morgan fingerprint density at radius 2 is 2.17 bits per heavy atom. The van der Waals surface area contributed by atoms with Crippen LogP contribution in [-0.2, 0) is 4.74 Å². The second kappa shape index (κ2) is 7.39. The first-order valence-corrected chi connectivity index (χ1v) is 7.12. The molecule has 1 atom stereocenters. The number of aromatic amines is 1. The molecule has 0 aromatic carbocycles. The van der Waals surface area contributed by atoms with Crippen LogP contribution in [0.15, 0.2) is 24.5 Å². The molecule has 0 aliphatic rings. The van der Waals surface area contributed by atoms with Gasteiger partial charge in [0.1, 0.15) is 17.5 Å². The van der Waals surface area contributed by atoms with E-state index >= 15 is 0 Å². The summed E-state index contributed by atoms with van der Waals surface area (Å²) in [5.74, 6) is -0.682. The number of rotatable bonds is 6. The van der Waals surface area contributed by atoms with Gasteiger partial charge < -0.3 is 19.8 Å². The Labute approximate surface area is 133 Å². The van der Waals surface area contributed by atoms with Crippen LogP contribution in [0.1, 0.15) is 46.5 Å². The Hall–Kier alpha value is -2.90. The Bertz CT molecular complexity index is 684. The first-order valence-electron chi connectivity index (χ1n) is 7.12. The van der Waals surface area contributed by atoms with Gasteiger partial charge in [0.2, 0.25) is 0 Å². The van der Waals surface area contributed by atoms with Crippen molar-refractivity contribution in [2.24, 2.45) is 0 Å². The molecule has 2 aromatic rings. The first-order chi connectivity index (χ1) is 11.1. The fourth-order valence-corrected chi connectivity index (χ4v) is 1.94. The number of hydrogen-bond acceptors (Lipinski definition) is 6. The quantitative estimate of drug-likeness (QED) is 0.781. The largest absolute Gasteiger partial charge is 0.483 e. The molecule has 23 heavy (non-hydrogen) atoms. The number of H-pyrrole nitrogens is 1. The highest BCUT2D eigenvalue weighted by Gasteiger charge is 2.22. The number of ether oxygens (including phenoxy) is 2. The third kappa shape index (κ3) is 3.85. The Balaban J connectivity index is 2.28. The fourth-order valence-electron chi connectivity index (χ4n) is 1.94. The molecule has 2 heterocycles. The van der Waals surface area contributed by atoms with Crippen LogP contribution in [0.25, 0.3) is 0 Å². The molecule has 122 valence electrons. The Morgan fingerprint density at radius 1 is 1.39 bits per heavy atom. The number of nitrogens with zero attached hydrogens (tertiary/aromatic N) is 2. The van der Waals surface area contributed by atoms with Gasteiger partial charge in [0.25, 0.3) is 5.91 Å². The number of carbonyl (C=O) groups excluding carboxylic acids is 2. The normalized spacial score (nSPS) is 11.6. The second-order valence-corrected chi connectivity index (χ2v) is 4.66. The summed E-state index contributed by atoms with van der Waals surface area (Å²) in [7, 11) is 1.49. The van der Waals surface area contributed by atoms with Crippen LogP contribution in [0.3, 0.4) is 0 Å². The molecule has 8 nitrogen and oxygen atoms in total. The van der Waals surface area contributed by atoms with E-state index in [-0.39, 0.29) is 29.8 Å². The maximum absolute atomic E-state index is 11.9. The molecule has 1 amide bonds. The van der Waals surface area contributed by atoms with Gasteiger partial charge in [0, 0.05) is 24.9 Å². The zero-order valence-corrected chi connectivity index (χ0v) is 13.1. The summed E-state index contributed by atoms with van der Waals surface area (Å²) >= 11 is 0. The zero-order chi connectivity index (χ0) is 16.8. The maximum atomic E-state index is 11.9. The molecule has 2 aromatic heterocycles.